The van der Waals surface area contributed by atoms with Gasteiger partial charge in [-0.25, -0.2) is 13.8 Å². The molecule has 212 valence electrons. The van der Waals surface area contributed by atoms with E-state index in [1.165, 1.54) is 16.7 Å². The van der Waals surface area contributed by atoms with Crippen LogP contribution in [0.25, 0.3) is 16.4 Å². The van der Waals surface area contributed by atoms with Crippen LogP contribution >= 0.6 is 0 Å². The minimum absolute atomic E-state index is 0.387. The molecule has 2 aliphatic heterocycles. The zero-order valence-corrected chi connectivity index (χ0v) is 25.4. The van der Waals surface area contributed by atoms with Gasteiger partial charge in [0.25, 0.3) is 0 Å². The minimum Gasteiger partial charge on any atom is -0.443 e. The summed E-state index contributed by atoms with van der Waals surface area (Å²) in [6.07, 6.45) is -0.100. The second kappa shape index (κ2) is 9.47. The number of allylic oxidation sites excluding steroid dienone is 1. The van der Waals surface area contributed by atoms with E-state index in [1.807, 2.05) is 68.4 Å². The van der Waals surface area contributed by atoms with E-state index in [2.05, 4.69) is 0 Å². The Labute approximate surface area is 232 Å². The number of carbonyl (C=O) groups excluding carboxylic acids is 1. The average Bonchev–Trinajstić information content (AvgIpc) is 3.29. The molecule has 0 unspecified atom stereocenters. The van der Waals surface area contributed by atoms with Crippen molar-refractivity contribution in [3.05, 3.63) is 41.2 Å². The zero-order valence-electron chi connectivity index (χ0n) is 25.4. The Morgan fingerprint density at radius 3 is 1.82 bits per heavy atom. The van der Waals surface area contributed by atoms with E-state index in [9.17, 15) is 9.18 Å². The molecule has 10 heteroatoms. The van der Waals surface area contributed by atoms with Gasteiger partial charge in [0.15, 0.2) is 0 Å². The zero-order chi connectivity index (χ0) is 29.3. The molecular weight excluding hydrogens is 499 g/mol. The molecule has 39 heavy (non-hydrogen) atoms. The first-order chi connectivity index (χ1) is 17.7. The molecule has 0 radical (unpaired) electrons. The fraction of sp³-hybridized carbons (Fsp3) is 0.621. The predicted octanol–water partition coefficient (Wildman–Crippen LogP) is 6.99. The van der Waals surface area contributed by atoms with Crippen molar-refractivity contribution in [1.82, 2.24) is 4.57 Å². The highest BCUT2D eigenvalue weighted by Gasteiger charge is 2.57. The van der Waals surface area contributed by atoms with Crippen LogP contribution in [0.3, 0.4) is 0 Å². The van der Waals surface area contributed by atoms with Crippen molar-refractivity contribution in [3.63, 3.8) is 0 Å². The quantitative estimate of drug-likeness (QED) is 0.389. The van der Waals surface area contributed by atoms with Gasteiger partial charge in [0.2, 0.25) is 0 Å². The Bertz CT molecular complexity index is 1290. The predicted molar refractivity (Wildman–Crippen MR) is 153 cm³/mol. The highest BCUT2D eigenvalue weighted by molar-refractivity contribution is 6.74. The van der Waals surface area contributed by atoms with Crippen LogP contribution in [0.4, 0.5) is 9.18 Å². The molecule has 2 aromatic rings. The van der Waals surface area contributed by atoms with Crippen molar-refractivity contribution >= 4 is 36.7 Å². The number of benzene rings is 1. The summed E-state index contributed by atoms with van der Waals surface area (Å²) in [5.74, 6) is -0.459. The SMILES string of the molecule is CC/C(B1OC(C)(C)C(C)(C)O1)=C(/B1OC(C)(C)C(C)(C)O1)c1cc2ccc(F)cc2n1C(=O)OC(C)(C)C. The van der Waals surface area contributed by atoms with E-state index in [1.54, 1.807) is 26.8 Å². The molecule has 1 aromatic carbocycles. The van der Waals surface area contributed by atoms with Gasteiger partial charge in [-0.05, 0) is 112 Å². The molecule has 7 nitrogen and oxygen atoms in total. The fourth-order valence-electron chi connectivity index (χ4n) is 4.74. The molecular formula is C29H42B2FNO6. The highest BCUT2D eigenvalue weighted by atomic mass is 19.1. The lowest BCUT2D eigenvalue weighted by Gasteiger charge is -2.32. The van der Waals surface area contributed by atoms with Crippen molar-refractivity contribution in [2.75, 3.05) is 0 Å². The fourth-order valence-corrected chi connectivity index (χ4v) is 4.74. The van der Waals surface area contributed by atoms with Crippen molar-refractivity contribution < 1.29 is 32.5 Å². The molecule has 2 fully saturated rings. The lowest BCUT2D eigenvalue weighted by molar-refractivity contribution is 0.00578. The van der Waals surface area contributed by atoms with Gasteiger partial charge >= 0.3 is 20.3 Å². The van der Waals surface area contributed by atoms with Crippen LogP contribution in [0.5, 0.6) is 0 Å². The molecule has 2 aliphatic rings. The van der Waals surface area contributed by atoms with Gasteiger partial charge in [-0.1, -0.05) is 6.92 Å². The van der Waals surface area contributed by atoms with Crippen LogP contribution in [0.2, 0.25) is 0 Å². The first-order valence-electron chi connectivity index (χ1n) is 13.7. The summed E-state index contributed by atoms with van der Waals surface area (Å²) in [5.41, 5.74) is -0.976. The van der Waals surface area contributed by atoms with Crippen molar-refractivity contribution in [2.24, 2.45) is 0 Å². The summed E-state index contributed by atoms with van der Waals surface area (Å²) in [6.45, 7) is 23.3. The Morgan fingerprint density at radius 2 is 1.36 bits per heavy atom. The van der Waals surface area contributed by atoms with Crippen LogP contribution in [0.15, 0.2) is 29.7 Å². The first-order valence-corrected chi connectivity index (χ1v) is 13.7. The average molecular weight is 541 g/mol. The highest BCUT2D eigenvalue weighted by Crippen LogP contribution is 2.46. The number of hydrogen-bond donors (Lipinski definition) is 0. The smallest absolute Gasteiger partial charge is 0.443 e. The number of hydrogen-bond acceptors (Lipinski definition) is 6. The molecule has 0 bridgehead atoms. The van der Waals surface area contributed by atoms with E-state index >= 15 is 0 Å². The van der Waals surface area contributed by atoms with Gasteiger partial charge in [-0.2, -0.15) is 0 Å². The summed E-state index contributed by atoms with van der Waals surface area (Å²) in [7, 11) is -1.56. The number of rotatable bonds is 4. The maximum absolute atomic E-state index is 14.5. The monoisotopic (exact) mass is 541 g/mol. The molecule has 0 saturated carbocycles. The summed E-state index contributed by atoms with van der Waals surface area (Å²) in [4.78, 5) is 13.7. The van der Waals surface area contributed by atoms with Crippen LogP contribution < -0.4 is 0 Å². The number of carbonyl (C=O) groups is 1. The molecule has 3 heterocycles. The molecule has 0 N–H and O–H groups in total. The third-order valence-electron chi connectivity index (χ3n) is 8.37. The van der Waals surface area contributed by atoms with Gasteiger partial charge in [0.1, 0.15) is 11.4 Å². The summed E-state index contributed by atoms with van der Waals surface area (Å²) >= 11 is 0. The normalized spacial score (nSPS) is 22.4. The van der Waals surface area contributed by atoms with Crippen molar-refractivity contribution in [3.8, 4) is 0 Å². The molecule has 0 spiro atoms. The van der Waals surface area contributed by atoms with Gasteiger partial charge in [0.05, 0.1) is 33.6 Å². The number of nitrogens with zero attached hydrogens (tertiary/aromatic N) is 1. The first kappa shape index (κ1) is 29.8. The standard InChI is InChI=1S/C29H42B2FNO6/c1-13-20(30-36-26(5,6)27(7,8)37-30)23(31-38-28(9,10)29(11,12)39-31)22-16-18-14-15-19(32)17-21(18)33(22)24(34)35-25(2,3)4/h14-17H,13H2,1-12H3/b23-20-. The third-order valence-corrected chi connectivity index (χ3v) is 8.37. The lowest BCUT2D eigenvalue weighted by Crippen LogP contribution is -2.41. The van der Waals surface area contributed by atoms with E-state index in [4.69, 9.17) is 23.4 Å². The third kappa shape index (κ3) is 5.33. The van der Waals surface area contributed by atoms with E-state index in [0.717, 1.165) is 5.47 Å². The topological polar surface area (TPSA) is 68.2 Å². The Balaban J connectivity index is 2.03. The molecule has 0 aliphatic carbocycles. The molecule has 2 saturated heterocycles. The largest absolute Gasteiger partial charge is 0.496 e. The second-order valence-electron chi connectivity index (χ2n) is 13.5. The molecule has 1 aromatic heterocycles. The molecule has 0 amide bonds. The molecule has 0 atom stereocenters. The Kier molecular flexibility index (Phi) is 7.25. The van der Waals surface area contributed by atoms with Gasteiger partial charge in [-0.3, -0.25) is 0 Å². The van der Waals surface area contributed by atoms with Gasteiger partial charge < -0.3 is 23.4 Å². The number of fused-ring (bicyclic) bond motifs is 1. The van der Waals surface area contributed by atoms with Crippen molar-refractivity contribution in [2.45, 2.75) is 118 Å². The maximum atomic E-state index is 14.5. The van der Waals surface area contributed by atoms with Crippen molar-refractivity contribution in [1.29, 1.82) is 0 Å². The Hall–Kier alpha value is -2.13. The number of halogens is 1. The summed E-state index contributed by atoms with van der Waals surface area (Å²) < 4.78 is 47.8. The maximum Gasteiger partial charge on any atom is 0.496 e. The van der Waals surface area contributed by atoms with Crippen LogP contribution in [0.1, 0.15) is 95.2 Å². The summed E-state index contributed by atoms with van der Waals surface area (Å²) in [5, 5.41) is 0.677. The summed E-state index contributed by atoms with van der Waals surface area (Å²) in [6, 6.07) is 6.21. The van der Waals surface area contributed by atoms with Crippen LogP contribution in [0, 0.1) is 5.82 Å². The lowest BCUT2D eigenvalue weighted by atomic mass is 9.62. The van der Waals surface area contributed by atoms with Gasteiger partial charge in [-0.15, -0.1) is 0 Å². The van der Waals surface area contributed by atoms with Crippen LogP contribution in [-0.2, 0) is 23.4 Å². The van der Waals surface area contributed by atoms with E-state index < -0.39 is 54.2 Å². The number of aromatic nitrogens is 1. The van der Waals surface area contributed by atoms with Crippen LogP contribution in [-0.4, -0.2) is 52.9 Å². The van der Waals surface area contributed by atoms with E-state index in [-0.39, 0.29) is 0 Å². The second-order valence-corrected chi connectivity index (χ2v) is 13.5. The Morgan fingerprint density at radius 1 is 0.872 bits per heavy atom. The number of ether oxygens (including phenoxy) is 1. The van der Waals surface area contributed by atoms with Gasteiger partial charge in [0, 0.05) is 10.9 Å². The molecule has 4 rings (SSSR count). The minimum atomic E-state index is -0.848. The van der Waals surface area contributed by atoms with E-state index in [0.29, 0.717) is 28.5 Å².